The topological polar surface area (TPSA) is 54.4 Å². The molecule has 3 rings (SSSR count). The average molecular weight is 438 g/mol. The summed E-state index contributed by atoms with van der Waals surface area (Å²) in [6.07, 6.45) is 0. The fraction of sp³-hybridized carbons (Fsp3) is 0. The van der Waals surface area contributed by atoms with E-state index in [0.717, 1.165) is 3.57 Å². The first-order valence-corrected chi connectivity index (χ1v) is 11.6. The van der Waals surface area contributed by atoms with Gasteiger partial charge in [0, 0.05) is 0 Å². The molecule has 0 aliphatic carbocycles. The summed E-state index contributed by atoms with van der Waals surface area (Å²) in [5.74, 6) is 0. The van der Waals surface area contributed by atoms with Crippen molar-refractivity contribution < 1.29 is 13.0 Å². The quantitative estimate of drug-likeness (QED) is 0.487. The molecule has 0 saturated carbocycles. The SMILES string of the molecule is O=S(=O)(O)c1ccc(I(c2ccccc2)c2ccccc2)cc1. The fourth-order valence-corrected chi connectivity index (χ4v) is 8.18. The zero-order valence-corrected chi connectivity index (χ0v) is 15.1. The van der Waals surface area contributed by atoms with E-state index in [1.54, 1.807) is 0 Å². The molecular weight excluding hydrogens is 423 g/mol. The molecule has 0 radical (unpaired) electrons. The Morgan fingerprint density at radius 3 is 1.39 bits per heavy atom. The number of rotatable bonds is 4. The van der Waals surface area contributed by atoms with Crippen molar-refractivity contribution in [1.29, 1.82) is 0 Å². The summed E-state index contributed by atoms with van der Waals surface area (Å²) >= 11 is -1.87. The van der Waals surface area contributed by atoms with E-state index in [1.807, 2.05) is 48.5 Å². The van der Waals surface area contributed by atoms with Crippen LogP contribution in [0.5, 0.6) is 0 Å². The maximum absolute atomic E-state index is 11.2. The van der Waals surface area contributed by atoms with E-state index in [1.165, 1.54) is 19.3 Å². The van der Waals surface area contributed by atoms with Gasteiger partial charge in [-0.3, -0.25) is 0 Å². The van der Waals surface area contributed by atoms with Crippen LogP contribution in [0.15, 0.2) is 89.8 Å². The van der Waals surface area contributed by atoms with Crippen LogP contribution >= 0.6 is 19.8 Å². The molecule has 0 spiro atoms. The van der Waals surface area contributed by atoms with E-state index >= 15 is 0 Å². The van der Waals surface area contributed by atoms with Crippen LogP contribution in [0, 0.1) is 10.7 Å². The van der Waals surface area contributed by atoms with Gasteiger partial charge in [0.05, 0.1) is 0 Å². The number of benzene rings is 3. The number of halogens is 1. The third-order valence-electron chi connectivity index (χ3n) is 3.23. The van der Waals surface area contributed by atoms with E-state index in [2.05, 4.69) is 24.3 Å². The summed E-state index contributed by atoms with van der Waals surface area (Å²) in [7, 11) is -4.16. The van der Waals surface area contributed by atoms with Crippen LogP contribution in [-0.2, 0) is 10.1 Å². The van der Waals surface area contributed by atoms with Gasteiger partial charge in [0.25, 0.3) is 0 Å². The molecule has 0 fully saturated rings. The predicted molar refractivity (Wildman–Crippen MR) is 99.3 cm³/mol. The van der Waals surface area contributed by atoms with Gasteiger partial charge in [-0.05, 0) is 0 Å². The van der Waals surface area contributed by atoms with Crippen LogP contribution in [-0.4, -0.2) is 13.0 Å². The molecule has 0 amide bonds. The molecule has 1 N–H and O–H groups in total. The summed E-state index contributed by atoms with van der Waals surface area (Å²) in [5.41, 5.74) is 0. The molecule has 5 heteroatoms. The molecule has 0 heterocycles. The van der Waals surface area contributed by atoms with E-state index in [4.69, 9.17) is 4.55 Å². The van der Waals surface area contributed by atoms with Crippen molar-refractivity contribution >= 4 is 29.9 Å². The second-order valence-electron chi connectivity index (χ2n) is 4.80. The van der Waals surface area contributed by atoms with Gasteiger partial charge in [0.2, 0.25) is 0 Å². The molecule has 3 nitrogen and oxygen atoms in total. The molecule has 0 unspecified atom stereocenters. The van der Waals surface area contributed by atoms with Gasteiger partial charge < -0.3 is 0 Å². The molecule has 23 heavy (non-hydrogen) atoms. The molecule has 3 aromatic carbocycles. The van der Waals surface area contributed by atoms with Gasteiger partial charge in [-0.25, -0.2) is 0 Å². The van der Waals surface area contributed by atoms with Gasteiger partial charge in [-0.1, -0.05) is 0 Å². The normalized spacial score (nSPS) is 12.0. The van der Waals surface area contributed by atoms with Crippen LogP contribution in [0.2, 0.25) is 0 Å². The van der Waals surface area contributed by atoms with Crippen molar-refractivity contribution in [2.75, 3.05) is 0 Å². The van der Waals surface area contributed by atoms with Crippen molar-refractivity contribution in [3.63, 3.8) is 0 Å². The molecular formula is C18H15IO3S. The molecule has 118 valence electrons. The number of hydrogen-bond donors (Lipinski definition) is 1. The van der Waals surface area contributed by atoms with Gasteiger partial charge in [0.15, 0.2) is 0 Å². The number of hydrogen-bond acceptors (Lipinski definition) is 2. The van der Waals surface area contributed by atoms with Crippen molar-refractivity contribution in [3.05, 3.63) is 95.6 Å². The molecule has 0 aromatic heterocycles. The Morgan fingerprint density at radius 1 is 0.609 bits per heavy atom. The van der Waals surface area contributed by atoms with E-state index in [-0.39, 0.29) is 4.90 Å². The third kappa shape index (κ3) is 3.80. The summed E-state index contributed by atoms with van der Waals surface area (Å²) in [6, 6.07) is 27.1. The van der Waals surface area contributed by atoms with E-state index in [9.17, 15) is 8.42 Å². The zero-order chi connectivity index (χ0) is 16.3. The summed E-state index contributed by atoms with van der Waals surface area (Å²) in [4.78, 5) is -0.0711. The Bertz CT molecular complexity index is 837. The Morgan fingerprint density at radius 2 is 1.00 bits per heavy atom. The van der Waals surface area contributed by atoms with Crippen LogP contribution in [0.3, 0.4) is 0 Å². The minimum absolute atomic E-state index is 0.0711. The first-order valence-electron chi connectivity index (χ1n) is 6.93. The van der Waals surface area contributed by atoms with Gasteiger partial charge in [0.1, 0.15) is 0 Å². The Balaban J connectivity index is 2.09. The van der Waals surface area contributed by atoms with Crippen molar-refractivity contribution in [2.24, 2.45) is 0 Å². The van der Waals surface area contributed by atoms with Gasteiger partial charge in [-0.2, -0.15) is 0 Å². The second-order valence-corrected chi connectivity index (χ2v) is 11.6. The predicted octanol–water partition coefficient (Wildman–Crippen LogP) is 4.35. The maximum atomic E-state index is 11.2. The molecule has 0 bridgehead atoms. The molecule has 3 aromatic rings. The average Bonchev–Trinajstić information content (AvgIpc) is 2.57. The molecule has 0 aliphatic rings. The van der Waals surface area contributed by atoms with Crippen molar-refractivity contribution in [2.45, 2.75) is 4.90 Å². The monoisotopic (exact) mass is 438 g/mol. The minimum atomic E-state index is -4.16. The van der Waals surface area contributed by atoms with Crippen molar-refractivity contribution in [3.8, 4) is 0 Å². The van der Waals surface area contributed by atoms with E-state index in [0.29, 0.717) is 0 Å². The fourth-order valence-electron chi connectivity index (χ4n) is 2.19. The van der Waals surface area contributed by atoms with Gasteiger partial charge >= 0.3 is 143 Å². The van der Waals surface area contributed by atoms with Gasteiger partial charge in [-0.15, -0.1) is 0 Å². The van der Waals surface area contributed by atoms with Crippen LogP contribution in [0.4, 0.5) is 0 Å². The third-order valence-corrected chi connectivity index (χ3v) is 9.99. The van der Waals surface area contributed by atoms with Crippen molar-refractivity contribution in [1.82, 2.24) is 0 Å². The zero-order valence-electron chi connectivity index (χ0n) is 12.1. The standard InChI is InChI=1S/C18H15IO3S/c20-23(21,22)18-13-11-17(12-14-18)19(15-7-3-1-4-8-15)16-9-5-2-6-10-16/h1-14H,(H,20,21,22). The first kappa shape index (κ1) is 16.2. The Hall–Kier alpha value is -1.70. The molecule has 0 atom stereocenters. The van der Waals surface area contributed by atoms with Crippen LogP contribution < -0.4 is 0 Å². The first-order chi connectivity index (χ1) is 11.1. The molecule has 0 aliphatic heterocycles. The van der Waals surface area contributed by atoms with Crippen LogP contribution in [0.25, 0.3) is 0 Å². The Kier molecular flexibility index (Phi) is 4.79. The second kappa shape index (κ2) is 6.82. The molecule has 0 saturated heterocycles. The van der Waals surface area contributed by atoms with Crippen LogP contribution in [0.1, 0.15) is 0 Å². The summed E-state index contributed by atoms with van der Waals surface area (Å²) in [5, 5.41) is 0. The Labute approximate surface area is 143 Å². The summed E-state index contributed by atoms with van der Waals surface area (Å²) < 4.78 is 35.3. The summed E-state index contributed by atoms with van der Waals surface area (Å²) in [6.45, 7) is 0. The van der Waals surface area contributed by atoms with E-state index < -0.39 is 29.9 Å².